The number of hydrogen-bond acceptors (Lipinski definition) is 4. The van der Waals surface area contributed by atoms with Crippen LogP contribution in [0.1, 0.15) is 13.8 Å². The topological polar surface area (TPSA) is 41.9 Å². The molecule has 1 saturated heterocycles. The van der Waals surface area contributed by atoms with Gasteiger partial charge in [-0.15, -0.1) is 0 Å². The predicted octanol–water partition coefficient (Wildman–Crippen LogP) is 2.92. The van der Waals surface area contributed by atoms with Gasteiger partial charge in [0, 0.05) is 13.1 Å². The molecule has 0 radical (unpaired) electrons. The molecule has 0 aliphatic carbocycles. The molecule has 1 fully saturated rings. The Kier molecular flexibility index (Phi) is 4.02. The molecule has 0 amide bonds. The zero-order valence-corrected chi connectivity index (χ0v) is 11.1. The van der Waals surface area contributed by atoms with E-state index in [2.05, 4.69) is 9.89 Å². The Hall–Kier alpha value is -1.35. The molecule has 0 spiro atoms. The number of anilines is 1. The van der Waals surface area contributed by atoms with Crippen molar-refractivity contribution >= 4 is 29.1 Å². The first-order valence-electron chi connectivity index (χ1n) is 5.88. The number of carbonyl (C=O) groups excluding carboxylic acids is 1. The predicted molar refractivity (Wildman–Crippen MR) is 71.5 cm³/mol. The van der Waals surface area contributed by atoms with Gasteiger partial charge in [-0.2, -0.15) is 4.99 Å². The van der Waals surface area contributed by atoms with Crippen molar-refractivity contribution in [3.63, 3.8) is 0 Å². The van der Waals surface area contributed by atoms with Gasteiger partial charge in [0.05, 0.1) is 28.6 Å². The van der Waals surface area contributed by atoms with E-state index in [1.165, 1.54) is 6.08 Å². The molecule has 18 heavy (non-hydrogen) atoms. The van der Waals surface area contributed by atoms with Crippen molar-refractivity contribution in [3.05, 3.63) is 23.2 Å². The van der Waals surface area contributed by atoms with Gasteiger partial charge in [0.15, 0.2) is 0 Å². The van der Waals surface area contributed by atoms with Crippen LogP contribution < -0.4 is 4.90 Å². The van der Waals surface area contributed by atoms with Crippen molar-refractivity contribution in [1.29, 1.82) is 0 Å². The summed E-state index contributed by atoms with van der Waals surface area (Å²) in [6.45, 7) is 5.70. The van der Waals surface area contributed by atoms with Crippen molar-refractivity contribution in [2.45, 2.75) is 26.1 Å². The Labute approximate surface area is 111 Å². The average molecular weight is 267 g/mol. The Morgan fingerprint density at radius 3 is 2.61 bits per heavy atom. The van der Waals surface area contributed by atoms with Crippen molar-refractivity contribution in [2.24, 2.45) is 4.99 Å². The lowest BCUT2D eigenvalue weighted by Gasteiger charge is -2.37. The van der Waals surface area contributed by atoms with E-state index in [-0.39, 0.29) is 12.2 Å². The molecule has 2 rings (SSSR count). The summed E-state index contributed by atoms with van der Waals surface area (Å²) >= 11 is 6.22. The van der Waals surface area contributed by atoms with Crippen LogP contribution in [0.25, 0.3) is 0 Å². The van der Waals surface area contributed by atoms with Gasteiger partial charge in [0.2, 0.25) is 6.08 Å². The molecule has 5 heteroatoms. The van der Waals surface area contributed by atoms with Crippen LogP contribution in [0, 0.1) is 0 Å². The van der Waals surface area contributed by atoms with E-state index in [4.69, 9.17) is 16.3 Å². The Bertz CT molecular complexity index is 476. The fraction of sp³-hybridized carbons (Fsp3) is 0.462. The summed E-state index contributed by atoms with van der Waals surface area (Å²) in [5.74, 6) is 0. The van der Waals surface area contributed by atoms with Crippen LogP contribution in [-0.4, -0.2) is 31.4 Å². The van der Waals surface area contributed by atoms with E-state index in [0.29, 0.717) is 10.7 Å². The molecule has 1 aliphatic heterocycles. The van der Waals surface area contributed by atoms with Gasteiger partial charge in [0.25, 0.3) is 0 Å². The van der Waals surface area contributed by atoms with E-state index < -0.39 is 0 Å². The number of ether oxygens (including phenoxy) is 1. The molecule has 0 saturated carbocycles. The summed E-state index contributed by atoms with van der Waals surface area (Å²) in [6.07, 6.45) is 1.86. The number of isocyanates is 1. The van der Waals surface area contributed by atoms with Crippen LogP contribution in [0.5, 0.6) is 0 Å². The van der Waals surface area contributed by atoms with E-state index in [9.17, 15) is 4.79 Å². The summed E-state index contributed by atoms with van der Waals surface area (Å²) in [4.78, 5) is 15.9. The van der Waals surface area contributed by atoms with E-state index >= 15 is 0 Å². The molecular formula is C13H15ClN2O2. The highest BCUT2D eigenvalue weighted by Gasteiger charge is 2.23. The zero-order chi connectivity index (χ0) is 13.1. The maximum Gasteiger partial charge on any atom is 0.240 e. The van der Waals surface area contributed by atoms with Crippen LogP contribution in [0.2, 0.25) is 5.02 Å². The maximum absolute atomic E-state index is 10.2. The number of benzene rings is 1. The van der Waals surface area contributed by atoms with Gasteiger partial charge >= 0.3 is 0 Å². The monoisotopic (exact) mass is 266 g/mol. The zero-order valence-electron chi connectivity index (χ0n) is 10.4. The summed E-state index contributed by atoms with van der Waals surface area (Å²) in [5, 5.41) is 0.591. The summed E-state index contributed by atoms with van der Waals surface area (Å²) in [7, 11) is 0. The van der Waals surface area contributed by atoms with Gasteiger partial charge in [-0.25, -0.2) is 4.79 Å². The Morgan fingerprint density at radius 1 is 1.39 bits per heavy atom. The van der Waals surface area contributed by atoms with Crippen molar-refractivity contribution < 1.29 is 9.53 Å². The van der Waals surface area contributed by atoms with E-state index in [1.807, 2.05) is 19.9 Å². The number of hydrogen-bond donors (Lipinski definition) is 0. The lowest BCUT2D eigenvalue weighted by Crippen LogP contribution is -2.45. The molecular weight excluding hydrogens is 252 g/mol. The molecule has 96 valence electrons. The van der Waals surface area contributed by atoms with Crippen LogP contribution in [0.15, 0.2) is 23.2 Å². The third kappa shape index (κ3) is 2.91. The second kappa shape index (κ2) is 5.53. The first-order valence-corrected chi connectivity index (χ1v) is 6.25. The quantitative estimate of drug-likeness (QED) is 0.611. The Balaban J connectivity index is 2.25. The maximum atomic E-state index is 10.2. The number of morpholine rings is 1. The molecule has 0 aromatic heterocycles. The van der Waals surface area contributed by atoms with Crippen LogP contribution in [0.3, 0.4) is 0 Å². The SMILES string of the molecule is CC1CN(c2ccc(N=C=O)cc2Cl)CC(C)O1. The van der Waals surface area contributed by atoms with Crippen molar-refractivity contribution in [2.75, 3.05) is 18.0 Å². The first kappa shape index (κ1) is 13.1. The highest BCUT2D eigenvalue weighted by atomic mass is 35.5. The lowest BCUT2D eigenvalue weighted by molar-refractivity contribution is -0.00520. The van der Waals surface area contributed by atoms with Crippen LogP contribution in [0.4, 0.5) is 11.4 Å². The van der Waals surface area contributed by atoms with E-state index in [1.54, 1.807) is 12.1 Å². The molecule has 1 aromatic carbocycles. The van der Waals surface area contributed by atoms with Gasteiger partial charge in [-0.3, -0.25) is 0 Å². The number of halogens is 1. The molecule has 1 aliphatic rings. The average Bonchev–Trinajstić information content (AvgIpc) is 2.28. The summed E-state index contributed by atoms with van der Waals surface area (Å²) in [5.41, 5.74) is 1.47. The Morgan fingerprint density at radius 2 is 2.06 bits per heavy atom. The third-order valence-corrected chi connectivity index (χ3v) is 3.17. The van der Waals surface area contributed by atoms with Gasteiger partial charge in [0.1, 0.15) is 0 Å². The van der Waals surface area contributed by atoms with E-state index in [0.717, 1.165) is 18.8 Å². The fourth-order valence-electron chi connectivity index (χ4n) is 2.25. The highest BCUT2D eigenvalue weighted by molar-refractivity contribution is 6.33. The van der Waals surface area contributed by atoms with Crippen molar-refractivity contribution in [3.8, 4) is 0 Å². The minimum atomic E-state index is 0.178. The van der Waals surface area contributed by atoms with Crippen LogP contribution >= 0.6 is 11.6 Å². The standard InChI is InChI=1S/C13H15ClN2O2/c1-9-6-16(7-10(2)18-9)13-4-3-11(15-8-17)5-12(13)14/h3-5,9-10H,6-7H2,1-2H3. The molecule has 0 N–H and O–H groups in total. The van der Waals surface area contributed by atoms with Crippen LogP contribution in [-0.2, 0) is 9.53 Å². The number of aliphatic imine (C=N–C) groups is 1. The number of nitrogens with zero attached hydrogens (tertiary/aromatic N) is 2. The lowest BCUT2D eigenvalue weighted by atomic mass is 10.2. The minimum Gasteiger partial charge on any atom is -0.372 e. The largest absolute Gasteiger partial charge is 0.372 e. The molecule has 0 bridgehead atoms. The smallest absolute Gasteiger partial charge is 0.240 e. The van der Waals surface area contributed by atoms with Gasteiger partial charge in [-0.05, 0) is 32.0 Å². The summed E-state index contributed by atoms with van der Waals surface area (Å²) in [6, 6.07) is 5.31. The summed E-state index contributed by atoms with van der Waals surface area (Å²) < 4.78 is 5.69. The third-order valence-electron chi connectivity index (χ3n) is 2.87. The highest BCUT2D eigenvalue weighted by Crippen LogP contribution is 2.31. The number of rotatable bonds is 2. The molecule has 2 atom stereocenters. The second-order valence-electron chi connectivity index (χ2n) is 4.50. The molecule has 1 aromatic rings. The fourth-order valence-corrected chi connectivity index (χ4v) is 2.54. The molecule has 1 heterocycles. The minimum absolute atomic E-state index is 0.178. The van der Waals surface area contributed by atoms with Gasteiger partial charge < -0.3 is 9.64 Å². The van der Waals surface area contributed by atoms with Crippen molar-refractivity contribution in [1.82, 2.24) is 0 Å². The molecule has 4 nitrogen and oxygen atoms in total. The van der Waals surface area contributed by atoms with Gasteiger partial charge in [-0.1, -0.05) is 11.6 Å². The molecule has 2 unspecified atom stereocenters. The normalized spacial score (nSPS) is 23.6. The first-order chi connectivity index (χ1) is 8.60. The second-order valence-corrected chi connectivity index (χ2v) is 4.91.